The Balaban J connectivity index is 1.61. The van der Waals surface area contributed by atoms with Crippen LogP contribution < -0.4 is 5.32 Å². The Bertz CT molecular complexity index is 145. The molecule has 0 radical (unpaired) electrons. The average Bonchev–Trinajstić information content (AvgIpc) is 2.81. The van der Waals surface area contributed by atoms with E-state index in [2.05, 4.69) is 12.2 Å². The zero-order valence-electron chi connectivity index (χ0n) is 7.88. The zero-order chi connectivity index (χ0) is 8.39. The van der Waals surface area contributed by atoms with Crippen molar-refractivity contribution in [3.05, 3.63) is 0 Å². The van der Waals surface area contributed by atoms with Crippen LogP contribution in [0.3, 0.4) is 0 Å². The Morgan fingerprint density at radius 2 is 2.25 bits per heavy atom. The van der Waals surface area contributed by atoms with E-state index >= 15 is 0 Å². The molecular weight excluding hydrogens is 150 g/mol. The molecule has 0 bridgehead atoms. The first kappa shape index (κ1) is 8.52. The summed E-state index contributed by atoms with van der Waals surface area (Å²) in [7, 11) is 0. The van der Waals surface area contributed by atoms with Crippen LogP contribution in [-0.4, -0.2) is 25.3 Å². The van der Waals surface area contributed by atoms with E-state index in [0.29, 0.717) is 12.1 Å². The standard InChI is InChI=1S/C10H19NO/c1-2-9-5-10(6-11-9)12-7-8-3-4-8/h8-11H,2-7H2,1H3/t9-,10-/m1/s1. The molecule has 0 aromatic rings. The molecule has 1 aliphatic heterocycles. The monoisotopic (exact) mass is 169 g/mol. The van der Waals surface area contributed by atoms with Crippen molar-refractivity contribution in [2.45, 2.75) is 44.8 Å². The van der Waals surface area contributed by atoms with Gasteiger partial charge in [-0.15, -0.1) is 0 Å². The van der Waals surface area contributed by atoms with Crippen LogP contribution in [0, 0.1) is 5.92 Å². The molecule has 2 fully saturated rings. The molecule has 2 atom stereocenters. The van der Waals surface area contributed by atoms with Gasteiger partial charge >= 0.3 is 0 Å². The van der Waals surface area contributed by atoms with Gasteiger partial charge in [-0.05, 0) is 31.6 Å². The number of ether oxygens (including phenoxy) is 1. The summed E-state index contributed by atoms with van der Waals surface area (Å²) in [5, 5.41) is 3.48. The van der Waals surface area contributed by atoms with Crippen LogP contribution in [0.2, 0.25) is 0 Å². The zero-order valence-corrected chi connectivity index (χ0v) is 7.88. The molecule has 12 heavy (non-hydrogen) atoms. The van der Waals surface area contributed by atoms with Crippen LogP contribution in [-0.2, 0) is 4.74 Å². The summed E-state index contributed by atoms with van der Waals surface area (Å²) in [6.45, 7) is 4.33. The highest BCUT2D eigenvalue weighted by atomic mass is 16.5. The Hall–Kier alpha value is -0.0800. The molecule has 70 valence electrons. The van der Waals surface area contributed by atoms with Crippen LogP contribution in [0.1, 0.15) is 32.6 Å². The molecule has 1 saturated carbocycles. The fraction of sp³-hybridized carbons (Fsp3) is 1.00. The van der Waals surface area contributed by atoms with Crippen molar-refractivity contribution in [2.24, 2.45) is 5.92 Å². The minimum Gasteiger partial charge on any atom is -0.377 e. The summed E-state index contributed by atoms with van der Waals surface area (Å²) in [4.78, 5) is 0. The highest BCUT2D eigenvalue weighted by Crippen LogP contribution is 2.29. The minimum atomic E-state index is 0.510. The lowest BCUT2D eigenvalue weighted by Gasteiger charge is -2.09. The third-order valence-corrected chi connectivity index (χ3v) is 2.94. The quantitative estimate of drug-likeness (QED) is 0.689. The Labute approximate surface area is 74.7 Å². The maximum Gasteiger partial charge on any atom is 0.0714 e. The Morgan fingerprint density at radius 3 is 2.83 bits per heavy atom. The molecular formula is C10H19NO. The normalized spacial score (nSPS) is 35.8. The van der Waals surface area contributed by atoms with Gasteiger partial charge in [0.1, 0.15) is 0 Å². The first-order chi connectivity index (χ1) is 5.88. The average molecular weight is 169 g/mol. The molecule has 1 heterocycles. The van der Waals surface area contributed by atoms with Gasteiger partial charge in [0.25, 0.3) is 0 Å². The van der Waals surface area contributed by atoms with Crippen molar-refractivity contribution in [3.63, 3.8) is 0 Å². The summed E-state index contributed by atoms with van der Waals surface area (Å²) >= 11 is 0. The van der Waals surface area contributed by atoms with Crippen LogP contribution in [0.4, 0.5) is 0 Å². The van der Waals surface area contributed by atoms with Crippen molar-refractivity contribution >= 4 is 0 Å². The molecule has 0 aromatic heterocycles. The minimum absolute atomic E-state index is 0.510. The summed E-state index contributed by atoms with van der Waals surface area (Å²) in [5.74, 6) is 0.908. The lowest BCUT2D eigenvalue weighted by atomic mass is 10.1. The van der Waals surface area contributed by atoms with E-state index in [9.17, 15) is 0 Å². The van der Waals surface area contributed by atoms with Crippen LogP contribution in [0.25, 0.3) is 0 Å². The molecule has 2 heteroatoms. The number of rotatable bonds is 4. The van der Waals surface area contributed by atoms with Crippen LogP contribution in [0.5, 0.6) is 0 Å². The predicted molar refractivity (Wildman–Crippen MR) is 49.2 cm³/mol. The van der Waals surface area contributed by atoms with Crippen LogP contribution >= 0.6 is 0 Å². The van der Waals surface area contributed by atoms with E-state index < -0.39 is 0 Å². The second-order valence-electron chi connectivity index (χ2n) is 4.15. The molecule has 2 nitrogen and oxygen atoms in total. The van der Waals surface area contributed by atoms with Gasteiger partial charge < -0.3 is 10.1 Å². The first-order valence-corrected chi connectivity index (χ1v) is 5.23. The maximum atomic E-state index is 5.80. The first-order valence-electron chi connectivity index (χ1n) is 5.23. The van der Waals surface area contributed by atoms with Crippen molar-refractivity contribution in [1.82, 2.24) is 5.32 Å². The van der Waals surface area contributed by atoms with E-state index in [-0.39, 0.29) is 0 Å². The van der Waals surface area contributed by atoms with E-state index in [1.54, 1.807) is 0 Å². The number of hydrogen-bond donors (Lipinski definition) is 1. The lowest BCUT2D eigenvalue weighted by molar-refractivity contribution is 0.0577. The topological polar surface area (TPSA) is 21.3 Å². The van der Waals surface area contributed by atoms with Crippen LogP contribution in [0.15, 0.2) is 0 Å². The highest BCUT2D eigenvalue weighted by Gasteiger charge is 2.27. The third kappa shape index (κ3) is 2.20. The van der Waals surface area contributed by atoms with E-state index in [0.717, 1.165) is 19.1 Å². The molecule has 1 N–H and O–H groups in total. The van der Waals surface area contributed by atoms with Crippen molar-refractivity contribution in [3.8, 4) is 0 Å². The van der Waals surface area contributed by atoms with Gasteiger partial charge in [0.05, 0.1) is 6.10 Å². The molecule has 1 saturated heterocycles. The van der Waals surface area contributed by atoms with Crippen molar-refractivity contribution < 1.29 is 4.74 Å². The van der Waals surface area contributed by atoms with Gasteiger partial charge in [-0.1, -0.05) is 6.92 Å². The van der Waals surface area contributed by atoms with Gasteiger partial charge in [0.15, 0.2) is 0 Å². The summed E-state index contributed by atoms with van der Waals surface area (Å²) < 4.78 is 5.80. The smallest absolute Gasteiger partial charge is 0.0714 e. The summed E-state index contributed by atoms with van der Waals surface area (Å²) in [5.41, 5.74) is 0. The fourth-order valence-corrected chi connectivity index (χ4v) is 1.78. The second kappa shape index (κ2) is 3.75. The van der Waals surface area contributed by atoms with E-state index in [1.165, 1.54) is 25.7 Å². The second-order valence-corrected chi connectivity index (χ2v) is 4.15. The Kier molecular flexibility index (Phi) is 2.66. The maximum absolute atomic E-state index is 5.80. The van der Waals surface area contributed by atoms with Gasteiger partial charge in [0, 0.05) is 19.2 Å². The number of nitrogens with one attached hydrogen (secondary N) is 1. The lowest BCUT2D eigenvalue weighted by Crippen LogP contribution is -2.20. The van der Waals surface area contributed by atoms with E-state index in [1.807, 2.05) is 0 Å². The Morgan fingerprint density at radius 1 is 1.42 bits per heavy atom. The molecule has 0 aromatic carbocycles. The predicted octanol–water partition coefficient (Wildman–Crippen LogP) is 1.55. The third-order valence-electron chi connectivity index (χ3n) is 2.94. The fourth-order valence-electron chi connectivity index (χ4n) is 1.78. The largest absolute Gasteiger partial charge is 0.377 e. The van der Waals surface area contributed by atoms with Gasteiger partial charge in [-0.2, -0.15) is 0 Å². The molecule has 1 aliphatic carbocycles. The van der Waals surface area contributed by atoms with Gasteiger partial charge in [-0.3, -0.25) is 0 Å². The van der Waals surface area contributed by atoms with Gasteiger partial charge in [-0.25, -0.2) is 0 Å². The molecule has 0 unspecified atom stereocenters. The number of hydrogen-bond acceptors (Lipinski definition) is 2. The van der Waals surface area contributed by atoms with Crippen molar-refractivity contribution in [2.75, 3.05) is 13.2 Å². The highest BCUT2D eigenvalue weighted by molar-refractivity contribution is 4.82. The molecule has 0 amide bonds. The molecule has 2 aliphatic rings. The van der Waals surface area contributed by atoms with Crippen molar-refractivity contribution in [1.29, 1.82) is 0 Å². The molecule has 2 rings (SSSR count). The van der Waals surface area contributed by atoms with E-state index in [4.69, 9.17) is 4.74 Å². The SMILES string of the molecule is CC[C@@H]1C[C@@H](OCC2CC2)CN1. The summed E-state index contributed by atoms with van der Waals surface area (Å²) in [6, 6.07) is 0.717. The van der Waals surface area contributed by atoms with Gasteiger partial charge in [0.2, 0.25) is 0 Å². The molecule has 0 spiro atoms. The summed E-state index contributed by atoms with van der Waals surface area (Å²) in [6.07, 6.45) is 5.77.